The predicted octanol–water partition coefficient (Wildman–Crippen LogP) is 5.02. The van der Waals surface area contributed by atoms with E-state index in [1.807, 2.05) is 37.4 Å². The molecule has 1 saturated carbocycles. The van der Waals surface area contributed by atoms with Gasteiger partial charge in [0.25, 0.3) is 5.56 Å². The van der Waals surface area contributed by atoms with Gasteiger partial charge in [-0.05, 0) is 61.9 Å². The van der Waals surface area contributed by atoms with Crippen LogP contribution < -0.4 is 5.56 Å². The van der Waals surface area contributed by atoms with Crippen molar-refractivity contribution in [2.75, 3.05) is 13.1 Å². The van der Waals surface area contributed by atoms with Crippen molar-refractivity contribution >= 4 is 22.5 Å². The number of likely N-dealkylation sites (tertiary alicyclic amines) is 1. The molecule has 0 spiro atoms. The van der Waals surface area contributed by atoms with Crippen LogP contribution in [0.3, 0.4) is 0 Å². The normalized spacial score (nSPS) is 23.9. The smallest absolute Gasteiger partial charge is 0.345 e. The number of piperidine rings is 1. The van der Waals surface area contributed by atoms with Crippen LogP contribution in [0.2, 0.25) is 5.02 Å². The van der Waals surface area contributed by atoms with Crippen LogP contribution in [0.1, 0.15) is 49.7 Å². The summed E-state index contributed by atoms with van der Waals surface area (Å²) in [7, 11) is 1.83. The number of rotatable bonds is 7. The summed E-state index contributed by atoms with van der Waals surface area (Å²) in [6, 6.07) is 9.48. The van der Waals surface area contributed by atoms with Gasteiger partial charge in [-0.25, -0.2) is 0 Å². The second-order valence-corrected chi connectivity index (χ2v) is 11.5. The van der Waals surface area contributed by atoms with Crippen molar-refractivity contribution in [2.24, 2.45) is 13.0 Å². The van der Waals surface area contributed by atoms with Gasteiger partial charge >= 0.3 is 6.61 Å². The molecule has 206 valence electrons. The summed E-state index contributed by atoms with van der Waals surface area (Å²) >= 11 is 6.70. The molecule has 1 aliphatic heterocycles. The quantitative estimate of drug-likeness (QED) is 0.346. The summed E-state index contributed by atoms with van der Waals surface area (Å²) in [6.45, 7) is 2.25. The van der Waals surface area contributed by atoms with Crippen LogP contribution in [-0.2, 0) is 23.7 Å². The van der Waals surface area contributed by atoms with Gasteiger partial charge in [-0.3, -0.25) is 14.3 Å². The van der Waals surface area contributed by atoms with E-state index in [0.717, 1.165) is 30.9 Å². The molecule has 0 amide bonds. The number of alkyl halides is 2. The molecule has 11 heteroatoms. The summed E-state index contributed by atoms with van der Waals surface area (Å²) in [5.74, 6) is 1.32. The third-order valence-corrected chi connectivity index (χ3v) is 8.51. The van der Waals surface area contributed by atoms with Crippen LogP contribution in [0.25, 0.3) is 16.6 Å². The van der Waals surface area contributed by atoms with Crippen LogP contribution in [-0.4, -0.2) is 55.0 Å². The SMILES string of the molecule is C[C@H]1CCCN(Cc2cc3c(Cl)cn(-c4cccc(C5(c6nncn6C)CC(OC(F)F)C5)c4)c(=O)c3[nH]2)C1. The van der Waals surface area contributed by atoms with Crippen LogP contribution in [0.5, 0.6) is 0 Å². The minimum absolute atomic E-state index is 0.204. The molecule has 6 rings (SSSR count). The number of fused-ring (bicyclic) bond motifs is 1. The predicted molar refractivity (Wildman–Crippen MR) is 144 cm³/mol. The summed E-state index contributed by atoms with van der Waals surface area (Å²) < 4.78 is 34.0. The maximum absolute atomic E-state index is 13.7. The second-order valence-electron chi connectivity index (χ2n) is 11.0. The maximum atomic E-state index is 13.7. The number of hydrogen-bond donors (Lipinski definition) is 1. The second kappa shape index (κ2) is 10.1. The van der Waals surface area contributed by atoms with Gasteiger partial charge in [-0.2, -0.15) is 8.78 Å². The van der Waals surface area contributed by atoms with Gasteiger partial charge in [0.2, 0.25) is 0 Å². The lowest BCUT2D eigenvalue weighted by Gasteiger charge is -2.46. The number of ether oxygens (including phenoxy) is 1. The topological polar surface area (TPSA) is 81.0 Å². The lowest BCUT2D eigenvalue weighted by atomic mass is 9.62. The van der Waals surface area contributed by atoms with Gasteiger partial charge in [0.15, 0.2) is 0 Å². The molecule has 8 nitrogen and oxygen atoms in total. The molecule has 1 aromatic carbocycles. The first-order valence-electron chi connectivity index (χ1n) is 13.3. The van der Waals surface area contributed by atoms with Crippen molar-refractivity contribution in [3.63, 3.8) is 0 Å². The number of aromatic amines is 1. The molecular weight excluding hydrogens is 526 g/mol. The van der Waals surface area contributed by atoms with Crippen molar-refractivity contribution < 1.29 is 13.5 Å². The first kappa shape index (κ1) is 26.2. The molecule has 0 radical (unpaired) electrons. The lowest BCUT2D eigenvalue weighted by molar-refractivity contribution is -0.192. The fourth-order valence-electron chi connectivity index (χ4n) is 6.35. The van der Waals surface area contributed by atoms with Gasteiger partial charge in [0, 0.05) is 43.1 Å². The zero-order valence-electron chi connectivity index (χ0n) is 21.9. The number of pyridine rings is 1. The van der Waals surface area contributed by atoms with Crippen molar-refractivity contribution in [3.05, 3.63) is 75.3 Å². The standard InChI is InChI=1S/C28H31ClF2N6O2/c1-17-5-4-8-36(13-17)14-19-10-22-23(29)15-37(25(38)24(22)33-19)20-7-3-6-18(9-20)28(26-34-32-16-35(26)2)11-21(12-28)39-27(30)31/h3,6-7,9-10,15-17,21,27,33H,4-5,8,11-14H2,1-2H3/t17-,21?,28?/m0/s1. The van der Waals surface area contributed by atoms with Crippen molar-refractivity contribution in [1.82, 2.24) is 29.2 Å². The first-order chi connectivity index (χ1) is 18.7. The van der Waals surface area contributed by atoms with E-state index in [9.17, 15) is 13.6 Å². The number of nitrogens with one attached hydrogen (secondary N) is 1. The maximum Gasteiger partial charge on any atom is 0.345 e. The molecule has 3 aromatic heterocycles. The average Bonchev–Trinajstić information content (AvgIpc) is 3.50. The molecular formula is C28H31ClF2N6O2. The van der Waals surface area contributed by atoms with E-state index in [2.05, 4.69) is 27.0 Å². The third kappa shape index (κ3) is 4.79. The highest BCUT2D eigenvalue weighted by Gasteiger charge is 2.51. The Labute approximate surface area is 229 Å². The zero-order valence-corrected chi connectivity index (χ0v) is 22.7. The number of H-pyrrole nitrogens is 1. The highest BCUT2D eigenvalue weighted by atomic mass is 35.5. The molecule has 4 heterocycles. The summed E-state index contributed by atoms with van der Waals surface area (Å²) in [4.78, 5) is 19.4. The van der Waals surface area contributed by atoms with E-state index in [1.165, 1.54) is 17.4 Å². The van der Waals surface area contributed by atoms with E-state index in [-0.39, 0.29) is 5.56 Å². The third-order valence-electron chi connectivity index (χ3n) is 8.20. The number of nitrogens with zero attached hydrogens (tertiary/aromatic N) is 5. The Balaban J connectivity index is 1.36. The van der Waals surface area contributed by atoms with E-state index in [0.29, 0.717) is 46.2 Å². The number of aryl methyl sites for hydroxylation is 1. The first-order valence-corrected chi connectivity index (χ1v) is 13.7. The van der Waals surface area contributed by atoms with Gasteiger partial charge in [-0.15, -0.1) is 10.2 Å². The molecule has 1 aliphatic carbocycles. The zero-order chi connectivity index (χ0) is 27.3. The van der Waals surface area contributed by atoms with Gasteiger partial charge < -0.3 is 14.3 Å². The van der Waals surface area contributed by atoms with Crippen LogP contribution in [0.4, 0.5) is 8.78 Å². The Bertz CT molecular complexity index is 1560. The summed E-state index contributed by atoms with van der Waals surface area (Å²) in [6.07, 6.45) is 5.72. The Morgan fingerprint density at radius 3 is 2.82 bits per heavy atom. The minimum atomic E-state index is -2.84. The Morgan fingerprint density at radius 1 is 1.28 bits per heavy atom. The van der Waals surface area contributed by atoms with Crippen LogP contribution >= 0.6 is 11.6 Å². The Kier molecular flexibility index (Phi) is 6.81. The molecule has 0 unspecified atom stereocenters. The summed E-state index contributed by atoms with van der Waals surface area (Å²) in [5.41, 5.74) is 2.03. The van der Waals surface area contributed by atoms with Crippen LogP contribution in [0, 0.1) is 5.92 Å². The molecule has 0 bridgehead atoms. The van der Waals surface area contributed by atoms with E-state index in [1.54, 1.807) is 17.1 Å². The molecule has 2 fully saturated rings. The van der Waals surface area contributed by atoms with Crippen molar-refractivity contribution in [3.8, 4) is 5.69 Å². The van der Waals surface area contributed by atoms with Gasteiger partial charge in [0.1, 0.15) is 17.7 Å². The molecule has 1 atom stereocenters. The van der Waals surface area contributed by atoms with Gasteiger partial charge in [0.05, 0.1) is 16.5 Å². The average molecular weight is 557 g/mol. The number of halogens is 3. The highest BCUT2D eigenvalue weighted by molar-refractivity contribution is 6.35. The van der Waals surface area contributed by atoms with Crippen molar-refractivity contribution in [1.29, 1.82) is 0 Å². The number of hydrogen-bond acceptors (Lipinski definition) is 5. The van der Waals surface area contributed by atoms with Crippen molar-refractivity contribution in [2.45, 2.75) is 57.3 Å². The number of aromatic nitrogens is 5. The van der Waals surface area contributed by atoms with Gasteiger partial charge in [-0.1, -0.05) is 30.7 Å². The van der Waals surface area contributed by atoms with Crippen LogP contribution in [0.15, 0.2) is 47.7 Å². The Morgan fingerprint density at radius 2 is 2.10 bits per heavy atom. The van der Waals surface area contributed by atoms with E-state index < -0.39 is 18.1 Å². The number of benzene rings is 1. The molecule has 2 aliphatic rings. The lowest BCUT2D eigenvalue weighted by Crippen LogP contribution is -2.49. The van der Waals surface area contributed by atoms with E-state index >= 15 is 0 Å². The largest absolute Gasteiger partial charge is 0.353 e. The Hall–Kier alpha value is -3.08. The fourth-order valence-corrected chi connectivity index (χ4v) is 6.60. The highest BCUT2D eigenvalue weighted by Crippen LogP contribution is 2.50. The molecule has 1 saturated heterocycles. The monoisotopic (exact) mass is 556 g/mol. The minimum Gasteiger partial charge on any atom is -0.353 e. The molecule has 4 aromatic rings. The molecule has 1 N–H and O–H groups in total. The molecule has 39 heavy (non-hydrogen) atoms. The van der Waals surface area contributed by atoms with E-state index in [4.69, 9.17) is 16.3 Å². The fraction of sp³-hybridized carbons (Fsp3) is 0.464. The summed E-state index contributed by atoms with van der Waals surface area (Å²) in [5, 5.41) is 9.49.